The summed E-state index contributed by atoms with van der Waals surface area (Å²) in [5.74, 6) is -2.43. The number of hydrogen-bond donors (Lipinski definition) is 1. The van der Waals surface area contributed by atoms with E-state index in [1.54, 1.807) is 36.4 Å². The maximum absolute atomic E-state index is 14.3. The molecular formula is C22H19F3O3. The van der Waals surface area contributed by atoms with Crippen LogP contribution in [0.15, 0.2) is 54.6 Å². The Morgan fingerprint density at radius 1 is 0.857 bits per heavy atom. The zero-order valence-electron chi connectivity index (χ0n) is 15.2. The van der Waals surface area contributed by atoms with Crippen LogP contribution in [0.3, 0.4) is 0 Å². The smallest absolute Gasteiger partial charge is 0.200 e. The molecule has 0 saturated heterocycles. The minimum Gasteiger partial charge on any atom is -0.494 e. The number of rotatable bonds is 7. The number of halogens is 3. The quantitative estimate of drug-likeness (QED) is 0.602. The molecule has 28 heavy (non-hydrogen) atoms. The molecule has 3 aromatic rings. The van der Waals surface area contributed by atoms with Crippen LogP contribution in [0, 0.1) is 17.5 Å². The molecular weight excluding hydrogens is 369 g/mol. The first-order chi connectivity index (χ1) is 13.5. The van der Waals surface area contributed by atoms with E-state index in [0.29, 0.717) is 29.0 Å². The summed E-state index contributed by atoms with van der Waals surface area (Å²) >= 11 is 0. The highest BCUT2D eigenvalue weighted by Crippen LogP contribution is 2.27. The lowest BCUT2D eigenvalue weighted by Gasteiger charge is -2.11. The Balaban J connectivity index is 1.71. The van der Waals surface area contributed by atoms with Crippen LogP contribution in [0.5, 0.6) is 11.5 Å². The zero-order chi connectivity index (χ0) is 20.1. The number of aliphatic hydroxyl groups is 1. The highest BCUT2D eigenvalue weighted by atomic mass is 19.2. The summed E-state index contributed by atoms with van der Waals surface area (Å²) in [6.07, 6.45) is 0. The van der Waals surface area contributed by atoms with E-state index in [0.717, 1.165) is 0 Å². The van der Waals surface area contributed by atoms with Crippen LogP contribution in [-0.2, 0) is 13.2 Å². The van der Waals surface area contributed by atoms with E-state index < -0.39 is 24.1 Å². The lowest BCUT2D eigenvalue weighted by molar-refractivity contribution is 0.264. The van der Waals surface area contributed by atoms with E-state index in [9.17, 15) is 13.2 Å². The summed E-state index contributed by atoms with van der Waals surface area (Å²) in [4.78, 5) is 0. The van der Waals surface area contributed by atoms with Gasteiger partial charge in [0.2, 0.25) is 5.82 Å². The van der Waals surface area contributed by atoms with Gasteiger partial charge in [0, 0.05) is 17.2 Å². The van der Waals surface area contributed by atoms with Gasteiger partial charge in [-0.2, -0.15) is 4.39 Å². The minimum absolute atomic E-state index is 0.0148. The van der Waals surface area contributed by atoms with Crippen LogP contribution in [0.25, 0.3) is 11.1 Å². The van der Waals surface area contributed by atoms with Gasteiger partial charge < -0.3 is 14.6 Å². The van der Waals surface area contributed by atoms with Crippen LogP contribution in [0.4, 0.5) is 13.2 Å². The number of benzene rings is 3. The van der Waals surface area contributed by atoms with E-state index in [2.05, 4.69) is 0 Å². The SMILES string of the molecule is CCOc1ccc(-c2ccc(COc3ccc(CO)c(F)c3F)cc2)c(F)c1. The molecule has 0 atom stereocenters. The Hall–Kier alpha value is -2.99. The molecule has 0 aliphatic carbocycles. The third-order valence-electron chi connectivity index (χ3n) is 4.21. The summed E-state index contributed by atoms with van der Waals surface area (Å²) in [6.45, 7) is 1.71. The first-order valence-electron chi connectivity index (χ1n) is 8.75. The van der Waals surface area contributed by atoms with Gasteiger partial charge in [0.25, 0.3) is 0 Å². The summed E-state index contributed by atoms with van der Waals surface area (Å²) in [7, 11) is 0. The van der Waals surface area contributed by atoms with Gasteiger partial charge in [-0.1, -0.05) is 24.3 Å². The van der Waals surface area contributed by atoms with Crippen LogP contribution in [-0.4, -0.2) is 11.7 Å². The highest BCUT2D eigenvalue weighted by Gasteiger charge is 2.14. The molecule has 0 aliphatic rings. The van der Waals surface area contributed by atoms with Gasteiger partial charge in [0.15, 0.2) is 11.6 Å². The van der Waals surface area contributed by atoms with Gasteiger partial charge in [-0.05, 0) is 42.3 Å². The summed E-state index contributed by atoms with van der Waals surface area (Å²) in [5, 5.41) is 8.94. The lowest BCUT2D eigenvalue weighted by atomic mass is 10.0. The normalized spacial score (nSPS) is 10.8. The van der Waals surface area contributed by atoms with Crippen LogP contribution < -0.4 is 9.47 Å². The molecule has 0 radical (unpaired) electrons. The Morgan fingerprint density at radius 2 is 1.61 bits per heavy atom. The lowest BCUT2D eigenvalue weighted by Crippen LogP contribution is -2.01. The second-order valence-electron chi connectivity index (χ2n) is 6.07. The average Bonchev–Trinajstić information content (AvgIpc) is 2.70. The van der Waals surface area contributed by atoms with Gasteiger partial charge in [0.1, 0.15) is 18.2 Å². The number of hydrogen-bond acceptors (Lipinski definition) is 3. The molecule has 3 aromatic carbocycles. The second-order valence-corrected chi connectivity index (χ2v) is 6.07. The number of ether oxygens (including phenoxy) is 2. The third kappa shape index (κ3) is 4.28. The highest BCUT2D eigenvalue weighted by molar-refractivity contribution is 5.65. The maximum Gasteiger partial charge on any atom is 0.200 e. The molecule has 0 aliphatic heterocycles. The molecule has 3 nitrogen and oxygen atoms in total. The summed E-state index contributed by atoms with van der Waals surface area (Å²) < 4.78 is 52.5. The van der Waals surface area contributed by atoms with Crippen LogP contribution in [0.1, 0.15) is 18.1 Å². The van der Waals surface area contributed by atoms with Gasteiger partial charge in [-0.25, -0.2) is 8.78 Å². The first kappa shape index (κ1) is 19.8. The largest absolute Gasteiger partial charge is 0.494 e. The molecule has 0 heterocycles. The van der Waals surface area contributed by atoms with E-state index >= 15 is 0 Å². The second kappa shape index (κ2) is 8.80. The van der Waals surface area contributed by atoms with Crippen molar-refractivity contribution in [2.75, 3.05) is 6.61 Å². The Kier molecular flexibility index (Phi) is 6.21. The zero-order valence-corrected chi connectivity index (χ0v) is 15.2. The Bertz CT molecular complexity index is 956. The fourth-order valence-electron chi connectivity index (χ4n) is 2.73. The number of aliphatic hydroxyl groups excluding tert-OH is 1. The molecule has 0 saturated carbocycles. The average molecular weight is 388 g/mol. The predicted octanol–water partition coefficient (Wildman–Crippen LogP) is 5.24. The molecule has 0 spiro atoms. The van der Waals surface area contributed by atoms with Crippen molar-refractivity contribution in [2.24, 2.45) is 0 Å². The molecule has 0 aromatic heterocycles. The Labute approximate surface area is 161 Å². The predicted molar refractivity (Wildman–Crippen MR) is 99.6 cm³/mol. The fraction of sp³-hybridized carbons (Fsp3) is 0.182. The maximum atomic E-state index is 14.3. The standard InChI is InChI=1S/C22H19F3O3/c1-2-27-17-8-9-18(19(23)11-17)15-5-3-14(4-6-15)13-28-20-10-7-16(12-26)21(24)22(20)25/h3-11,26H,2,12-13H2,1H3. The van der Waals surface area contributed by atoms with E-state index in [-0.39, 0.29) is 17.9 Å². The first-order valence-corrected chi connectivity index (χ1v) is 8.75. The van der Waals surface area contributed by atoms with Crippen molar-refractivity contribution >= 4 is 0 Å². The summed E-state index contributed by atoms with van der Waals surface area (Å²) in [6, 6.07) is 14.1. The van der Waals surface area contributed by atoms with Gasteiger partial charge >= 0.3 is 0 Å². The van der Waals surface area contributed by atoms with Crippen molar-refractivity contribution in [3.05, 3.63) is 83.2 Å². The van der Waals surface area contributed by atoms with Crippen molar-refractivity contribution in [3.63, 3.8) is 0 Å². The topological polar surface area (TPSA) is 38.7 Å². The monoisotopic (exact) mass is 388 g/mol. The third-order valence-corrected chi connectivity index (χ3v) is 4.21. The molecule has 146 valence electrons. The Morgan fingerprint density at radius 3 is 2.25 bits per heavy atom. The van der Waals surface area contributed by atoms with Crippen LogP contribution >= 0.6 is 0 Å². The van der Waals surface area contributed by atoms with Gasteiger partial charge in [-0.15, -0.1) is 0 Å². The van der Waals surface area contributed by atoms with Crippen LogP contribution in [0.2, 0.25) is 0 Å². The molecule has 3 rings (SSSR count). The molecule has 0 bridgehead atoms. The van der Waals surface area contributed by atoms with Crippen molar-refractivity contribution in [2.45, 2.75) is 20.1 Å². The van der Waals surface area contributed by atoms with E-state index in [4.69, 9.17) is 14.6 Å². The molecule has 0 unspecified atom stereocenters. The minimum atomic E-state index is -1.14. The van der Waals surface area contributed by atoms with Gasteiger partial charge in [0.05, 0.1) is 13.2 Å². The molecule has 0 amide bonds. The van der Waals surface area contributed by atoms with Gasteiger partial charge in [-0.3, -0.25) is 0 Å². The van der Waals surface area contributed by atoms with E-state index in [1.165, 1.54) is 18.2 Å². The van der Waals surface area contributed by atoms with E-state index in [1.807, 2.05) is 6.92 Å². The molecule has 1 N–H and O–H groups in total. The van der Waals surface area contributed by atoms with Crippen molar-refractivity contribution in [1.82, 2.24) is 0 Å². The fourth-order valence-corrected chi connectivity index (χ4v) is 2.73. The molecule has 0 fully saturated rings. The van der Waals surface area contributed by atoms with Crippen molar-refractivity contribution in [3.8, 4) is 22.6 Å². The van der Waals surface area contributed by atoms with Crippen molar-refractivity contribution in [1.29, 1.82) is 0 Å². The van der Waals surface area contributed by atoms with Crippen molar-refractivity contribution < 1.29 is 27.8 Å². The summed E-state index contributed by atoms with van der Waals surface area (Å²) in [5.41, 5.74) is 1.69. The molecule has 6 heteroatoms.